The molecule has 15 heavy (non-hydrogen) atoms. The third kappa shape index (κ3) is 2.94. The van der Waals surface area contributed by atoms with Gasteiger partial charge >= 0.3 is 0 Å². The Morgan fingerprint density at radius 2 is 1.80 bits per heavy atom. The lowest BCUT2D eigenvalue weighted by molar-refractivity contribution is -0.133. The van der Waals surface area contributed by atoms with Gasteiger partial charge in [-0.15, -0.1) is 0 Å². The molecule has 0 aromatic carbocycles. The van der Waals surface area contributed by atoms with Gasteiger partial charge in [0.15, 0.2) is 0 Å². The second-order valence-electron chi connectivity index (χ2n) is 5.25. The SMILES string of the molecule is CC(C)CC(=O)N1CCN(C2CC2)CC1. The number of amides is 1. The number of hydrogen-bond acceptors (Lipinski definition) is 2. The Balaban J connectivity index is 1.74. The van der Waals surface area contributed by atoms with Crippen LogP contribution >= 0.6 is 0 Å². The summed E-state index contributed by atoms with van der Waals surface area (Å²) in [4.78, 5) is 16.4. The van der Waals surface area contributed by atoms with Gasteiger partial charge in [-0.1, -0.05) is 13.8 Å². The molecule has 2 rings (SSSR count). The van der Waals surface area contributed by atoms with Gasteiger partial charge in [-0.25, -0.2) is 0 Å². The molecule has 3 heteroatoms. The molecule has 0 unspecified atom stereocenters. The second-order valence-corrected chi connectivity index (χ2v) is 5.25. The summed E-state index contributed by atoms with van der Waals surface area (Å²) in [7, 11) is 0. The van der Waals surface area contributed by atoms with E-state index in [1.54, 1.807) is 0 Å². The quantitative estimate of drug-likeness (QED) is 0.702. The molecule has 2 aliphatic rings. The van der Waals surface area contributed by atoms with Crippen molar-refractivity contribution in [1.29, 1.82) is 0 Å². The average molecular weight is 210 g/mol. The predicted molar refractivity (Wildman–Crippen MR) is 60.6 cm³/mol. The minimum Gasteiger partial charge on any atom is -0.340 e. The second kappa shape index (κ2) is 4.52. The van der Waals surface area contributed by atoms with Crippen LogP contribution in [0, 0.1) is 5.92 Å². The lowest BCUT2D eigenvalue weighted by atomic mass is 10.1. The molecule has 0 N–H and O–H groups in total. The van der Waals surface area contributed by atoms with E-state index in [-0.39, 0.29) is 0 Å². The van der Waals surface area contributed by atoms with Crippen LogP contribution in [0.25, 0.3) is 0 Å². The monoisotopic (exact) mass is 210 g/mol. The lowest BCUT2D eigenvalue weighted by Crippen LogP contribution is -2.49. The molecule has 1 saturated heterocycles. The first-order valence-corrected chi connectivity index (χ1v) is 6.18. The van der Waals surface area contributed by atoms with E-state index in [1.807, 2.05) is 4.90 Å². The Morgan fingerprint density at radius 1 is 1.20 bits per heavy atom. The first-order chi connectivity index (χ1) is 7.16. The molecule has 0 radical (unpaired) electrons. The van der Waals surface area contributed by atoms with Crippen LogP contribution in [-0.4, -0.2) is 47.9 Å². The number of rotatable bonds is 3. The zero-order chi connectivity index (χ0) is 10.8. The van der Waals surface area contributed by atoms with Crippen molar-refractivity contribution in [3.63, 3.8) is 0 Å². The molecule has 2 fully saturated rings. The maximum Gasteiger partial charge on any atom is 0.222 e. The fraction of sp³-hybridized carbons (Fsp3) is 0.917. The Hall–Kier alpha value is -0.570. The van der Waals surface area contributed by atoms with Gasteiger partial charge in [0.25, 0.3) is 0 Å². The van der Waals surface area contributed by atoms with Crippen molar-refractivity contribution < 1.29 is 4.79 Å². The van der Waals surface area contributed by atoms with E-state index >= 15 is 0 Å². The van der Waals surface area contributed by atoms with Crippen LogP contribution in [0.2, 0.25) is 0 Å². The molecule has 0 bridgehead atoms. The largest absolute Gasteiger partial charge is 0.340 e. The molecule has 1 aliphatic heterocycles. The molecule has 86 valence electrons. The predicted octanol–water partition coefficient (Wildman–Crippen LogP) is 1.34. The van der Waals surface area contributed by atoms with E-state index in [1.165, 1.54) is 12.8 Å². The summed E-state index contributed by atoms with van der Waals surface area (Å²) in [5.41, 5.74) is 0. The number of carbonyl (C=O) groups excluding carboxylic acids is 1. The standard InChI is InChI=1S/C12H22N2O/c1-10(2)9-12(15)14-7-5-13(6-8-14)11-3-4-11/h10-11H,3-9H2,1-2H3. The zero-order valence-electron chi connectivity index (χ0n) is 9.91. The highest BCUT2D eigenvalue weighted by Crippen LogP contribution is 2.27. The van der Waals surface area contributed by atoms with Gasteiger partial charge in [-0.3, -0.25) is 9.69 Å². The molecule has 1 saturated carbocycles. The van der Waals surface area contributed by atoms with Crippen molar-refractivity contribution >= 4 is 5.91 Å². The van der Waals surface area contributed by atoms with Gasteiger partial charge in [0.1, 0.15) is 0 Å². The molecule has 1 heterocycles. The van der Waals surface area contributed by atoms with Crippen molar-refractivity contribution in [3.05, 3.63) is 0 Å². The number of nitrogens with zero attached hydrogens (tertiary/aromatic N) is 2. The highest BCUT2D eigenvalue weighted by molar-refractivity contribution is 5.76. The minimum absolute atomic E-state index is 0.348. The molecule has 0 spiro atoms. The highest BCUT2D eigenvalue weighted by atomic mass is 16.2. The van der Waals surface area contributed by atoms with Crippen LogP contribution in [0.3, 0.4) is 0 Å². The number of carbonyl (C=O) groups is 1. The smallest absolute Gasteiger partial charge is 0.222 e. The van der Waals surface area contributed by atoms with Crippen molar-refractivity contribution in [3.8, 4) is 0 Å². The lowest BCUT2D eigenvalue weighted by Gasteiger charge is -2.35. The summed E-state index contributed by atoms with van der Waals surface area (Å²) >= 11 is 0. The molecule has 0 aromatic heterocycles. The van der Waals surface area contributed by atoms with E-state index in [2.05, 4.69) is 18.7 Å². The van der Waals surface area contributed by atoms with Gasteiger partial charge in [0.05, 0.1) is 0 Å². The van der Waals surface area contributed by atoms with Gasteiger partial charge in [-0.2, -0.15) is 0 Å². The van der Waals surface area contributed by atoms with E-state index in [9.17, 15) is 4.79 Å². The van der Waals surface area contributed by atoms with Crippen LogP contribution < -0.4 is 0 Å². The summed E-state index contributed by atoms with van der Waals surface area (Å²) in [6.07, 6.45) is 3.46. The van der Waals surface area contributed by atoms with Crippen LogP contribution in [0.15, 0.2) is 0 Å². The highest BCUT2D eigenvalue weighted by Gasteiger charge is 2.32. The summed E-state index contributed by atoms with van der Waals surface area (Å²) in [6, 6.07) is 0.854. The fourth-order valence-corrected chi connectivity index (χ4v) is 2.25. The van der Waals surface area contributed by atoms with Crippen LogP contribution in [0.5, 0.6) is 0 Å². The number of piperazine rings is 1. The summed E-state index contributed by atoms with van der Waals surface area (Å²) in [6.45, 7) is 8.30. The fourth-order valence-electron chi connectivity index (χ4n) is 2.25. The van der Waals surface area contributed by atoms with Crippen molar-refractivity contribution in [2.45, 2.75) is 39.2 Å². The summed E-state index contributed by atoms with van der Waals surface area (Å²) < 4.78 is 0. The molecule has 3 nitrogen and oxygen atoms in total. The first-order valence-electron chi connectivity index (χ1n) is 6.18. The third-order valence-electron chi connectivity index (χ3n) is 3.31. The van der Waals surface area contributed by atoms with Gasteiger partial charge in [0, 0.05) is 38.6 Å². The third-order valence-corrected chi connectivity index (χ3v) is 3.31. The van der Waals surface area contributed by atoms with Crippen LogP contribution in [0.1, 0.15) is 33.1 Å². The molecule has 1 aliphatic carbocycles. The van der Waals surface area contributed by atoms with E-state index in [4.69, 9.17) is 0 Å². The maximum atomic E-state index is 11.8. The molecule has 1 amide bonds. The van der Waals surface area contributed by atoms with Crippen molar-refractivity contribution in [2.75, 3.05) is 26.2 Å². The Bertz CT molecular complexity index is 228. The number of hydrogen-bond donors (Lipinski definition) is 0. The Kier molecular flexibility index (Phi) is 3.29. The summed E-state index contributed by atoms with van der Waals surface area (Å²) in [5.74, 6) is 0.833. The Labute approximate surface area is 92.4 Å². The van der Waals surface area contributed by atoms with Crippen molar-refractivity contribution in [2.24, 2.45) is 5.92 Å². The molecule has 0 aromatic rings. The van der Waals surface area contributed by atoms with Gasteiger partial charge in [0.2, 0.25) is 5.91 Å². The summed E-state index contributed by atoms with van der Waals surface area (Å²) in [5, 5.41) is 0. The molecular formula is C12H22N2O. The Morgan fingerprint density at radius 3 is 2.27 bits per heavy atom. The van der Waals surface area contributed by atoms with Gasteiger partial charge in [-0.05, 0) is 18.8 Å². The van der Waals surface area contributed by atoms with Crippen molar-refractivity contribution in [1.82, 2.24) is 9.80 Å². The maximum absolute atomic E-state index is 11.8. The topological polar surface area (TPSA) is 23.6 Å². The van der Waals surface area contributed by atoms with Crippen LogP contribution in [-0.2, 0) is 4.79 Å². The van der Waals surface area contributed by atoms with Gasteiger partial charge < -0.3 is 4.90 Å². The van der Waals surface area contributed by atoms with Crippen LogP contribution in [0.4, 0.5) is 0 Å². The normalized spacial score (nSPS) is 23.5. The minimum atomic E-state index is 0.348. The molecular weight excluding hydrogens is 188 g/mol. The van der Waals surface area contributed by atoms with E-state index < -0.39 is 0 Å². The van der Waals surface area contributed by atoms with E-state index in [0.29, 0.717) is 18.2 Å². The molecule has 0 atom stereocenters. The van der Waals surface area contributed by atoms with E-state index in [0.717, 1.165) is 32.2 Å². The first kappa shape index (κ1) is 10.9. The average Bonchev–Trinajstić information content (AvgIpc) is 3.00. The zero-order valence-corrected chi connectivity index (χ0v) is 9.91.